The molecule has 21 heavy (non-hydrogen) atoms. The van der Waals surface area contributed by atoms with Gasteiger partial charge < -0.3 is 5.73 Å². The standard InChI is InChI=1S/C11H15F2N3O4S/c1-6(2)9(5-14)15-21(19,20)11-4-10(16(17)18)7(12)3-8(11)13/h3-4,6,9,15H,5,14H2,1-2H3. The van der Waals surface area contributed by atoms with Crippen LogP contribution < -0.4 is 10.5 Å². The quantitative estimate of drug-likeness (QED) is 0.601. The minimum Gasteiger partial charge on any atom is -0.329 e. The summed E-state index contributed by atoms with van der Waals surface area (Å²) in [4.78, 5) is 8.49. The van der Waals surface area contributed by atoms with Gasteiger partial charge in [-0.1, -0.05) is 13.8 Å². The second-order valence-electron chi connectivity index (χ2n) is 4.70. The van der Waals surface area contributed by atoms with Crippen molar-refractivity contribution in [1.29, 1.82) is 0 Å². The predicted molar refractivity (Wildman–Crippen MR) is 71.0 cm³/mol. The summed E-state index contributed by atoms with van der Waals surface area (Å²) in [5.41, 5.74) is 4.29. The molecule has 118 valence electrons. The van der Waals surface area contributed by atoms with Crippen LogP contribution in [0, 0.1) is 27.7 Å². The number of nitrogens with one attached hydrogen (secondary N) is 1. The number of nitro groups is 1. The van der Waals surface area contributed by atoms with Crippen LogP contribution >= 0.6 is 0 Å². The molecule has 1 unspecified atom stereocenters. The molecule has 10 heteroatoms. The molecule has 0 saturated carbocycles. The van der Waals surface area contributed by atoms with E-state index in [2.05, 4.69) is 4.72 Å². The van der Waals surface area contributed by atoms with Gasteiger partial charge in [0.15, 0.2) is 0 Å². The Labute approximate surface area is 120 Å². The first-order valence-corrected chi connectivity index (χ1v) is 7.44. The summed E-state index contributed by atoms with van der Waals surface area (Å²) in [6.07, 6.45) is 0. The van der Waals surface area contributed by atoms with Crippen LogP contribution in [0.2, 0.25) is 0 Å². The van der Waals surface area contributed by atoms with E-state index in [0.717, 1.165) is 0 Å². The molecular formula is C11H15F2N3O4S. The molecule has 0 aliphatic carbocycles. The van der Waals surface area contributed by atoms with Crippen molar-refractivity contribution >= 4 is 15.7 Å². The summed E-state index contributed by atoms with van der Waals surface area (Å²) in [5, 5.41) is 10.6. The van der Waals surface area contributed by atoms with Gasteiger partial charge in [0.05, 0.1) is 4.92 Å². The Bertz CT molecular complexity index is 649. The number of nitrogens with two attached hydrogens (primary N) is 1. The molecule has 0 heterocycles. The van der Waals surface area contributed by atoms with E-state index in [-0.39, 0.29) is 18.5 Å². The van der Waals surface area contributed by atoms with Crippen LogP contribution in [0.25, 0.3) is 0 Å². The van der Waals surface area contributed by atoms with Gasteiger partial charge in [0.2, 0.25) is 15.8 Å². The zero-order valence-corrected chi connectivity index (χ0v) is 12.2. The Balaban J connectivity index is 3.31. The van der Waals surface area contributed by atoms with E-state index in [1.807, 2.05) is 0 Å². The number of rotatable bonds is 6. The highest BCUT2D eigenvalue weighted by Crippen LogP contribution is 2.25. The molecule has 0 saturated heterocycles. The van der Waals surface area contributed by atoms with E-state index in [4.69, 9.17) is 5.73 Å². The number of sulfonamides is 1. The Hall–Kier alpha value is -1.65. The Morgan fingerprint density at radius 3 is 2.33 bits per heavy atom. The van der Waals surface area contributed by atoms with Gasteiger partial charge in [-0.25, -0.2) is 17.5 Å². The number of benzene rings is 1. The number of nitro benzene ring substituents is 1. The molecule has 1 atom stereocenters. The summed E-state index contributed by atoms with van der Waals surface area (Å²) < 4.78 is 53.1. The number of nitrogens with zero attached hydrogens (tertiary/aromatic N) is 1. The summed E-state index contributed by atoms with van der Waals surface area (Å²) in [6, 6.07) is -0.168. The van der Waals surface area contributed by atoms with Crippen molar-refractivity contribution in [2.24, 2.45) is 11.7 Å². The van der Waals surface area contributed by atoms with Crippen LogP contribution in [0.1, 0.15) is 13.8 Å². The molecule has 7 nitrogen and oxygen atoms in total. The normalized spacial score (nSPS) is 13.4. The Morgan fingerprint density at radius 1 is 1.33 bits per heavy atom. The van der Waals surface area contributed by atoms with Crippen molar-refractivity contribution in [2.45, 2.75) is 24.8 Å². The SMILES string of the molecule is CC(C)C(CN)NS(=O)(=O)c1cc([N+](=O)[O-])c(F)cc1F. The first-order valence-electron chi connectivity index (χ1n) is 5.96. The van der Waals surface area contributed by atoms with Crippen LogP contribution in [0.5, 0.6) is 0 Å². The van der Waals surface area contributed by atoms with Gasteiger partial charge in [-0.3, -0.25) is 10.1 Å². The summed E-state index contributed by atoms with van der Waals surface area (Å²) in [7, 11) is -4.40. The molecule has 1 aromatic carbocycles. The van der Waals surface area contributed by atoms with Crippen LogP contribution in [0.4, 0.5) is 14.5 Å². The second kappa shape index (κ2) is 6.41. The van der Waals surface area contributed by atoms with Crippen molar-refractivity contribution in [3.63, 3.8) is 0 Å². The second-order valence-corrected chi connectivity index (χ2v) is 6.38. The van der Waals surface area contributed by atoms with Crippen LogP contribution in [-0.2, 0) is 10.0 Å². The predicted octanol–water partition coefficient (Wildman–Crippen LogP) is 1.13. The van der Waals surface area contributed by atoms with Gasteiger partial charge in [-0.2, -0.15) is 4.39 Å². The highest BCUT2D eigenvalue weighted by Gasteiger charge is 2.28. The third kappa shape index (κ3) is 3.93. The molecule has 0 aromatic heterocycles. The van der Waals surface area contributed by atoms with Crippen molar-refractivity contribution < 1.29 is 22.1 Å². The molecule has 0 radical (unpaired) electrons. The van der Waals surface area contributed by atoms with Gasteiger partial charge in [0.25, 0.3) is 0 Å². The molecule has 0 aliphatic heterocycles. The molecule has 0 fully saturated rings. The maximum absolute atomic E-state index is 13.6. The maximum atomic E-state index is 13.6. The Kier molecular flexibility index (Phi) is 5.31. The topological polar surface area (TPSA) is 115 Å². The van der Waals surface area contributed by atoms with E-state index >= 15 is 0 Å². The largest absolute Gasteiger partial charge is 0.329 e. The third-order valence-electron chi connectivity index (χ3n) is 2.85. The lowest BCUT2D eigenvalue weighted by Crippen LogP contribution is -2.43. The molecule has 1 rings (SSSR count). The van der Waals surface area contributed by atoms with E-state index in [1.54, 1.807) is 13.8 Å². The summed E-state index contributed by atoms with van der Waals surface area (Å²) in [5.74, 6) is -3.04. The molecule has 1 aromatic rings. The fourth-order valence-corrected chi connectivity index (χ4v) is 3.06. The van der Waals surface area contributed by atoms with Gasteiger partial charge in [0.1, 0.15) is 10.7 Å². The van der Waals surface area contributed by atoms with Gasteiger partial charge in [-0.05, 0) is 5.92 Å². The smallest absolute Gasteiger partial charge is 0.306 e. The zero-order chi connectivity index (χ0) is 16.4. The highest BCUT2D eigenvalue weighted by molar-refractivity contribution is 7.89. The lowest BCUT2D eigenvalue weighted by atomic mass is 10.1. The average molecular weight is 323 g/mol. The van der Waals surface area contributed by atoms with Gasteiger partial charge in [-0.15, -0.1) is 0 Å². The number of hydrogen-bond donors (Lipinski definition) is 2. The first kappa shape index (κ1) is 17.4. The van der Waals surface area contributed by atoms with Crippen LogP contribution in [0.15, 0.2) is 17.0 Å². The van der Waals surface area contributed by atoms with E-state index in [9.17, 15) is 27.3 Å². The monoisotopic (exact) mass is 323 g/mol. The van der Waals surface area contributed by atoms with Gasteiger partial charge in [0, 0.05) is 24.7 Å². The lowest BCUT2D eigenvalue weighted by Gasteiger charge is -2.20. The van der Waals surface area contributed by atoms with Gasteiger partial charge >= 0.3 is 5.69 Å². The highest BCUT2D eigenvalue weighted by atomic mass is 32.2. The minimum absolute atomic E-state index is 0.0399. The average Bonchev–Trinajstić information content (AvgIpc) is 2.34. The lowest BCUT2D eigenvalue weighted by molar-refractivity contribution is -0.387. The number of hydrogen-bond acceptors (Lipinski definition) is 5. The van der Waals surface area contributed by atoms with Crippen LogP contribution in [-0.4, -0.2) is 25.9 Å². The van der Waals surface area contributed by atoms with Crippen molar-refractivity contribution in [3.8, 4) is 0 Å². The van der Waals surface area contributed by atoms with Crippen molar-refractivity contribution in [2.75, 3.05) is 6.54 Å². The molecule has 3 N–H and O–H groups in total. The molecule has 0 spiro atoms. The molecule has 0 aliphatic rings. The van der Waals surface area contributed by atoms with E-state index < -0.39 is 43.2 Å². The molecule has 0 amide bonds. The molecule has 0 bridgehead atoms. The Morgan fingerprint density at radius 2 is 1.90 bits per heavy atom. The zero-order valence-electron chi connectivity index (χ0n) is 11.3. The fraction of sp³-hybridized carbons (Fsp3) is 0.455. The van der Waals surface area contributed by atoms with Crippen molar-refractivity contribution in [3.05, 3.63) is 33.9 Å². The minimum atomic E-state index is -4.40. The summed E-state index contributed by atoms with van der Waals surface area (Å²) in [6.45, 7) is 3.36. The summed E-state index contributed by atoms with van der Waals surface area (Å²) >= 11 is 0. The van der Waals surface area contributed by atoms with Crippen LogP contribution in [0.3, 0.4) is 0 Å². The first-order chi connectivity index (χ1) is 9.60. The molecular weight excluding hydrogens is 308 g/mol. The number of halogens is 2. The third-order valence-corrected chi connectivity index (χ3v) is 4.36. The van der Waals surface area contributed by atoms with E-state index in [1.165, 1.54) is 0 Å². The maximum Gasteiger partial charge on any atom is 0.306 e. The van der Waals surface area contributed by atoms with E-state index in [0.29, 0.717) is 6.07 Å². The van der Waals surface area contributed by atoms with Crippen molar-refractivity contribution in [1.82, 2.24) is 4.72 Å². The fourth-order valence-electron chi connectivity index (χ4n) is 1.58.